The molecule has 3 heteroatoms. The molecule has 1 atom stereocenters. The summed E-state index contributed by atoms with van der Waals surface area (Å²) in [6, 6.07) is 0. The number of allylic oxidation sites excluding steroid dienone is 1. The average molecular weight is 194 g/mol. The summed E-state index contributed by atoms with van der Waals surface area (Å²) in [5.41, 5.74) is 0. The van der Waals surface area contributed by atoms with E-state index in [0.29, 0.717) is 0 Å². The quantitative estimate of drug-likeness (QED) is 0.479. The lowest BCUT2D eigenvalue weighted by Crippen LogP contribution is -1.88. The van der Waals surface area contributed by atoms with Gasteiger partial charge in [-0.05, 0) is 25.0 Å². The van der Waals surface area contributed by atoms with Crippen molar-refractivity contribution in [1.82, 2.24) is 0 Å². The molecule has 0 bridgehead atoms. The van der Waals surface area contributed by atoms with Crippen LogP contribution in [0.2, 0.25) is 0 Å². The Hall–Kier alpha value is 0.790. The van der Waals surface area contributed by atoms with E-state index in [4.69, 9.17) is 0 Å². The third kappa shape index (κ3) is 5.57. The van der Waals surface area contributed by atoms with Gasteiger partial charge >= 0.3 is 0 Å². The van der Waals surface area contributed by atoms with Gasteiger partial charge in [0.1, 0.15) is 0 Å². The monoisotopic (exact) mass is 194 g/mol. The number of hydrogen-bond donors (Lipinski definition) is 0. The lowest BCUT2D eigenvalue weighted by molar-refractivity contribution is 1.06. The molecule has 0 heterocycles. The van der Waals surface area contributed by atoms with Crippen LogP contribution in [0.4, 0.5) is 0 Å². The van der Waals surface area contributed by atoms with Crippen molar-refractivity contribution in [1.29, 1.82) is 0 Å². The van der Waals surface area contributed by atoms with Gasteiger partial charge in [0.15, 0.2) is 0 Å². The molecule has 0 saturated carbocycles. The molecule has 0 aliphatic carbocycles. The van der Waals surface area contributed by atoms with E-state index in [1.807, 2.05) is 40.3 Å². The van der Waals surface area contributed by atoms with Crippen molar-refractivity contribution in [2.45, 2.75) is 24.9 Å². The molecule has 0 rings (SSSR count). The smallest absolute Gasteiger partial charge is 0.0603 e. The predicted molar refractivity (Wildman–Crippen MR) is 57.6 cm³/mol. The molecular formula is C7H14S3. The van der Waals surface area contributed by atoms with E-state index < -0.39 is 0 Å². The van der Waals surface area contributed by atoms with Crippen molar-refractivity contribution in [2.24, 2.45) is 0 Å². The predicted octanol–water partition coefficient (Wildman–Crippen LogP) is 4.00. The van der Waals surface area contributed by atoms with Crippen LogP contribution in [0, 0.1) is 0 Å². The lowest BCUT2D eigenvalue weighted by Gasteiger charge is -2.07. The third-order valence-corrected chi connectivity index (χ3v) is 5.45. The minimum absolute atomic E-state index is 0.751. The van der Waals surface area contributed by atoms with Gasteiger partial charge in [0.25, 0.3) is 0 Å². The van der Waals surface area contributed by atoms with E-state index in [9.17, 15) is 0 Å². The normalized spacial score (nSPS) is 14.3. The van der Waals surface area contributed by atoms with E-state index in [0.717, 1.165) is 4.58 Å². The van der Waals surface area contributed by atoms with Crippen LogP contribution in [0.1, 0.15) is 20.3 Å². The Kier molecular flexibility index (Phi) is 8.52. The highest BCUT2D eigenvalue weighted by molar-refractivity contribution is 8.79. The second-order valence-corrected chi connectivity index (χ2v) is 5.46. The van der Waals surface area contributed by atoms with Crippen LogP contribution in [0.5, 0.6) is 0 Å². The van der Waals surface area contributed by atoms with Crippen molar-refractivity contribution in [2.75, 3.05) is 6.26 Å². The maximum absolute atomic E-state index is 2.23. The first kappa shape index (κ1) is 10.8. The van der Waals surface area contributed by atoms with Crippen molar-refractivity contribution in [3.63, 3.8) is 0 Å². The molecule has 0 radical (unpaired) electrons. The molecule has 0 aliphatic rings. The Morgan fingerprint density at radius 2 is 2.20 bits per heavy atom. The summed E-state index contributed by atoms with van der Waals surface area (Å²) in [5, 5.41) is 2.13. The molecule has 0 saturated heterocycles. The van der Waals surface area contributed by atoms with Crippen LogP contribution in [-0.2, 0) is 0 Å². The van der Waals surface area contributed by atoms with Crippen molar-refractivity contribution < 1.29 is 0 Å². The highest BCUT2D eigenvalue weighted by Crippen LogP contribution is 2.34. The minimum atomic E-state index is 0.751. The summed E-state index contributed by atoms with van der Waals surface area (Å²) in [6.45, 7) is 4.28. The number of thioether (sulfide) groups is 1. The average Bonchev–Trinajstić information content (AvgIpc) is 1.99. The highest BCUT2D eigenvalue weighted by atomic mass is 33.1. The van der Waals surface area contributed by atoms with Crippen LogP contribution in [-0.4, -0.2) is 10.8 Å². The molecule has 60 valence electrons. The van der Waals surface area contributed by atoms with Crippen molar-refractivity contribution in [3.8, 4) is 0 Å². The first-order chi connectivity index (χ1) is 4.85. The zero-order chi connectivity index (χ0) is 7.82. The van der Waals surface area contributed by atoms with Crippen LogP contribution in [0.3, 0.4) is 0 Å². The summed E-state index contributed by atoms with van der Waals surface area (Å²) < 4.78 is 0.751. The van der Waals surface area contributed by atoms with E-state index in [1.54, 1.807) is 0 Å². The second-order valence-electron chi connectivity index (χ2n) is 1.74. The minimum Gasteiger partial charge on any atom is -0.150 e. The van der Waals surface area contributed by atoms with Crippen LogP contribution >= 0.6 is 33.3 Å². The van der Waals surface area contributed by atoms with E-state index in [2.05, 4.69) is 24.7 Å². The SMILES string of the molecule is C/C=C\SSC(CC)SC. The van der Waals surface area contributed by atoms with Gasteiger partial charge in [-0.3, -0.25) is 0 Å². The Bertz CT molecular complexity index is 86.9. The fourth-order valence-corrected chi connectivity index (χ4v) is 3.93. The van der Waals surface area contributed by atoms with E-state index >= 15 is 0 Å². The summed E-state index contributed by atoms with van der Waals surface area (Å²) in [5.74, 6) is 0. The molecule has 0 fully saturated rings. The molecule has 1 unspecified atom stereocenters. The molecule has 0 N–H and O–H groups in total. The first-order valence-corrected chi connectivity index (χ1v) is 6.87. The first-order valence-electron chi connectivity index (χ1n) is 3.31. The Morgan fingerprint density at radius 3 is 2.60 bits per heavy atom. The molecule has 0 aromatic carbocycles. The topological polar surface area (TPSA) is 0 Å². The van der Waals surface area contributed by atoms with Crippen LogP contribution in [0.25, 0.3) is 0 Å². The molecule has 0 spiro atoms. The summed E-state index contributed by atoms with van der Waals surface area (Å²) in [4.78, 5) is 0. The molecule has 0 aromatic rings. The molecule has 0 nitrogen and oxygen atoms in total. The fraction of sp³-hybridized carbons (Fsp3) is 0.714. The largest absolute Gasteiger partial charge is 0.150 e. The van der Waals surface area contributed by atoms with Gasteiger partial charge in [0.05, 0.1) is 4.58 Å². The van der Waals surface area contributed by atoms with Crippen molar-refractivity contribution in [3.05, 3.63) is 11.5 Å². The third-order valence-electron chi connectivity index (χ3n) is 0.951. The molecule has 10 heavy (non-hydrogen) atoms. The maximum atomic E-state index is 2.23. The Balaban J connectivity index is 3.25. The summed E-state index contributed by atoms with van der Waals surface area (Å²) >= 11 is 1.93. The van der Waals surface area contributed by atoms with E-state index in [-0.39, 0.29) is 0 Å². The molecule has 0 amide bonds. The summed E-state index contributed by atoms with van der Waals surface area (Å²) in [6.07, 6.45) is 5.48. The number of hydrogen-bond acceptors (Lipinski definition) is 3. The lowest BCUT2D eigenvalue weighted by atomic mass is 10.6. The van der Waals surface area contributed by atoms with Gasteiger partial charge in [-0.2, -0.15) is 11.8 Å². The molecule has 0 aromatic heterocycles. The zero-order valence-electron chi connectivity index (χ0n) is 6.66. The fourth-order valence-electron chi connectivity index (χ4n) is 0.424. The Morgan fingerprint density at radius 1 is 1.50 bits per heavy atom. The highest BCUT2D eigenvalue weighted by Gasteiger charge is 2.01. The van der Waals surface area contributed by atoms with Gasteiger partial charge < -0.3 is 0 Å². The summed E-state index contributed by atoms with van der Waals surface area (Å²) in [7, 11) is 3.76. The maximum Gasteiger partial charge on any atom is 0.0603 e. The Labute approximate surface area is 76.0 Å². The van der Waals surface area contributed by atoms with Crippen LogP contribution < -0.4 is 0 Å². The van der Waals surface area contributed by atoms with Crippen LogP contribution in [0.15, 0.2) is 11.5 Å². The number of rotatable bonds is 5. The standard InChI is InChI=1S/C7H14S3/c1-4-6-9-10-7(5-2)8-3/h4,6-7H,5H2,1-3H3/b6-4-. The van der Waals surface area contributed by atoms with Crippen molar-refractivity contribution >= 4 is 33.3 Å². The van der Waals surface area contributed by atoms with Gasteiger partial charge in [-0.25, -0.2) is 0 Å². The zero-order valence-corrected chi connectivity index (χ0v) is 9.11. The van der Waals surface area contributed by atoms with Gasteiger partial charge in [0.2, 0.25) is 0 Å². The second kappa shape index (κ2) is 7.89. The van der Waals surface area contributed by atoms with E-state index in [1.165, 1.54) is 6.42 Å². The molecule has 0 aliphatic heterocycles. The van der Waals surface area contributed by atoms with Gasteiger partial charge in [-0.1, -0.05) is 34.6 Å². The molecular weight excluding hydrogens is 180 g/mol. The van der Waals surface area contributed by atoms with Gasteiger partial charge in [0, 0.05) is 0 Å². The van der Waals surface area contributed by atoms with Gasteiger partial charge in [-0.15, -0.1) is 0 Å².